The summed E-state index contributed by atoms with van der Waals surface area (Å²) in [6, 6.07) is 7.81. The molecule has 0 aliphatic carbocycles. The molecule has 0 spiro atoms. The largest absolute Gasteiger partial charge is 0.328 e. The lowest BCUT2D eigenvalue weighted by Crippen LogP contribution is -2.07. The molecule has 0 saturated heterocycles. The Morgan fingerprint density at radius 1 is 1.19 bits per heavy atom. The average Bonchev–Trinajstić information content (AvgIpc) is 3.01. The van der Waals surface area contributed by atoms with Crippen molar-refractivity contribution in [1.29, 1.82) is 0 Å². The van der Waals surface area contributed by atoms with Crippen LogP contribution < -0.4 is 0 Å². The maximum atomic E-state index is 6.11. The van der Waals surface area contributed by atoms with Crippen LogP contribution in [0.2, 0.25) is 5.02 Å². The van der Waals surface area contributed by atoms with Crippen LogP contribution in [-0.2, 0) is 26.4 Å². The van der Waals surface area contributed by atoms with Crippen molar-refractivity contribution in [1.82, 2.24) is 19.3 Å². The second-order valence-corrected chi connectivity index (χ2v) is 5.80. The summed E-state index contributed by atoms with van der Waals surface area (Å²) in [6.45, 7) is 0.820. The minimum atomic E-state index is 0.556. The summed E-state index contributed by atoms with van der Waals surface area (Å²) in [6.07, 6.45) is 3.56. The molecule has 21 heavy (non-hydrogen) atoms. The first-order chi connectivity index (χ1) is 10.2. The molecule has 4 nitrogen and oxygen atoms in total. The van der Waals surface area contributed by atoms with Crippen LogP contribution in [0.25, 0.3) is 11.0 Å². The van der Waals surface area contributed by atoms with Crippen LogP contribution in [0.4, 0.5) is 0 Å². The SMILES string of the molecule is Cn1ccc(CCn2c(CCCl)nc3ccc(Cl)cc32)n1. The van der Waals surface area contributed by atoms with Gasteiger partial charge < -0.3 is 4.57 Å². The molecular weight excluding hydrogens is 307 g/mol. The number of aromatic nitrogens is 4. The fourth-order valence-electron chi connectivity index (χ4n) is 2.49. The zero-order valence-electron chi connectivity index (χ0n) is 11.8. The zero-order chi connectivity index (χ0) is 14.8. The van der Waals surface area contributed by atoms with Gasteiger partial charge in [0.2, 0.25) is 0 Å². The van der Waals surface area contributed by atoms with Crippen molar-refractivity contribution < 1.29 is 0 Å². The highest BCUT2D eigenvalue weighted by Crippen LogP contribution is 2.21. The van der Waals surface area contributed by atoms with E-state index in [9.17, 15) is 0 Å². The fraction of sp³-hybridized carbons (Fsp3) is 0.333. The monoisotopic (exact) mass is 322 g/mol. The van der Waals surface area contributed by atoms with Gasteiger partial charge in [-0.2, -0.15) is 5.10 Å². The second kappa shape index (κ2) is 6.08. The fourth-order valence-corrected chi connectivity index (χ4v) is 2.83. The molecular formula is C15H16Cl2N4. The van der Waals surface area contributed by atoms with Gasteiger partial charge in [0, 0.05) is 43.5 Å². The molecule has 0 bridgehead atoms. The molecule has 2 aromatic heterocycles. The van der Waals surface area contributed by atoms with E-state index in [1.807, 2.05) is 42.2 Å². The molecule has 6 heteroatoms. The second-order valence-electron chi connectivity index (χ2n) is 4.98. The Morgan fingerprint density at radius 3 is 2.76 bits per heavy atom. The minimum absolute atomic E-state index is 0.556. The molecule has 0 aliphatic heterocycles. The van der Waals surface area contributed by atoms with E-state index in [-0.39, 0.29) is 0 Å². The summed E-state index contributed by atoms with van der Waals surface area (Å²) in [5.74, 6) is 1.55. The van der Waals surface area contributed by atoms with Crippen LogP contribution in [0.1, 0.15) is 11.5 Å². The highest BCUT2D eigenvalue weighted by Gasteiger charge is 2.11. The summed E-state index contributed by atoms with van der Waals surface area (Å²) < 4.78 is 4.01. The quantitative estimate of drug-likeness (QED) is 0.674. The lowest BCUT2D eigenvalue weighted by molar-refractivity contribution is 0.651. The summed E-state index contributed by atoms with van der Waals surface area (Å²) >= 11 is 12.0. The molecule has 0 atom stereocenters. The van der Waals surface area contributed by atoms with Gasteiger partial charge in [-0.3, -0.25) is 4.68 Å². The Morgan fingerprint density at radius 2 is 2.05 bits per heavy atom. The van der Waals surface area contributed by atoms with Crippen molar-refractivity contribution >= 4 is 34.2 Å². The lowest BCUT2D eigenvalue weighted by atomic mass is 10.3. The first kappa shape index (κ1) is 14.4. The average molecular weight is 323 g/mol. The van der Waals surface area contributed by atoms with E-state index >= 15 is 0 Å². The number of imidazole rings is 1. The molecule has 3 rings (SSSR count). The molecule has 110 valence electrons. The van der Waals surface area contributed by atoms with Crippen molar-refractivity contribution in [2.45, 2.75) is 19.4 Å². The Bertz CT molecular complexity index is 760. The number of halogens is 2. The number of rotatable bonds is 5. The highest BCUT2D eigenvalue weighted by molar-refractivity contribution is 6.31. The summed E-state index contributed by atoms with van der Waals surface area (Å²) in [5.41, 5.74) is 3.08. The molecule has 3 aromatic rings. The van der Waals surface area contributed by atoms with Gasteiger partial charge >= 0.3 is 0 Å². The Hall–Kier alpha value is -1.52. The first-order valence-electron chi connectivity index (χ1n) is 6.86. The van der Waals surface area contributed by atoms with Gasteiger partial charge in [-0.15, -0.1) is 11.6 Å². The maximum Gasteiger partial charge on any atom is 0.111 e. The normalized spacial score (nSPS) is 11.4. The number of fused-ring (bicyclic) bond motifs is 1. The van der Waals surface area contributed by atoms with E-state index in [1.54, 1.807) is 0 Å². The van der Waals surface area contributed by atoms with Crippen LogP contribution >= 0.6 is 23.2 Å². The van der Waals surface area contributed by atoms with E-state index in [2.05, 4.69) is 14.6 Å². The summed E-state index contributed by atoms with van der Waals surface area (Å²) in [7, 11) is 1.93. The third kappa shape index (κ3) is 3.06. The van der Waals surface area contributed by atoms with Gasteiger partial charge in [0.1, 0.15) is 5.82 Å². The molecule has 0 fully saturated rings. The number of benzene rings is 1. The first-order valence-corrected chi connectivity index (χ1v) is 7.78. The van der Waals surface area contributed by atoms with Crippen LogP contribution in [-0.4, -0.2) is 25.2 Å². The van der Waals surface area contributed by atoms with Crippen molar-refractivity contribution in [3.63, 3.8) is 0 Å². The smallest absolute Gasteiger partial charge is 0.111 e. The van der Waals surface area contributed by atoms with Gasteiger partial charge in [0.05, 0.1) is 16.7 Å². The van der Waals surface area contributed by atoms with E-state index in [1.165, 1.54) is 0 Å². The predicted molar refractivity (Wildman–Crippen MR) is 86.1 cm³/mol. The van der Waals surface area contributed by atoms with Gasteiger partial charge in [-0.05, 0) is 24.3 Å². The Labute approximate surface area is 133 Å². The van der Waals surface area contributed by atoms with Crippen LogP contribution in [0, 0.1) is 0 Å². The molecule has 0 amide bonds. The highest BCUT2D eigenvalue weighted by atomic mass is 35.5. The lowest BCUT2D eigenvalue weighted by Gasteiger charge is -2.07. The summed E-state index contributed by atoms with van der Waals surface area (Å²) in [5, 5.41) is 5.14. The molecule has 0 aliphatic rings. The molecule has 2 heterocycles. The molecule has 0 unspecified atom stereocenters. The van der Waals surface area contributed by atoms with E-state index in [4.69, 9.17) is 23.2 Å². The van der Waals surface area contributed by atoms with Crippen LogP contribution in [0.3, 0.4) is 0 Å². The third-order valence-corrected chi connectivity index (χ3v) is 3.89. The number of hydrogen-bond acceptors (Lipinski definition) is 2. The number of alkyl halides is 1. The zero-order valence-corrected chi connectivity index (χ0v) is 13.3. The molecule has 0 radical (unpaired) electrons. The van der Waals surface area contributed by atoms with Crippen molar-refractivity contribution in [3.8, 4) is 0 Å². The van der Waals surface area contributed by atoms with Gasteiger partial charge in [0.15, 0.2) is 0 Å². The number of aryl methyl sites for hydroxylation is 4. The van der Waals surface area contributed by atoms with Gasteiger partial charge in [0.25, 0.3) is 0 Å². The van der Waals surface area contributed by atoms with Gasteiger partial charge in [-0.25, -0.2) is 4.98 Å². The Balaban J connectivity index is 1.94. The van der Waals surface area contributed by atoms with Crippen molar-refractivity contribution in [2.75, 3.05) is 5.88 Å². The van der Waals surface area contributed by atoms with Crippen LogP contribution in [0.5, 0.6) is 0 Å². The van der Waals surface area contributed by atoms with Crippen molar-refractivity contribution in [3.05, 3.63) is 47.0 Å². The number of hydrogen-bond donors (Lipinski definition) is 0. The Kier molecular flexibility index (Phi) is 4.17. The summed E-state index contributed by atoms with van der Waals surface area (Å²) in [4.78, 5) is 4.66. The van der Waals surface area contributed by atoms with E-state index < -0.39 is 0 Å². The maximum absolute atomic E-state index is 6.11. The predicted octanol–water partition coefficient (Wildman–Crippen LogP) is 3.45. The number of nitrogens with zero attached hydrogens (tertiary/aromatic N) is 4. The van der Waals surface area contributed by atoms with E-state index in [0.717, 1.165) is 47.0 Å². The molecule has 1 aromatic carbocycles. The molecule has 0 N–H and O–H groups in total. The van der Waals surface area contributed by atoms with Crippen molar-refractivity contribution in [2.24, 2.45) is 7.05 Å². The van der Waals surface area contributed by atoms with Gasteiger partial charge in [-0.1, -0.05) is 11.6 Å². The van der Waals surface area contributed by atoms with Crippen LogP contribution in [0.15, 0.2) is 30.5 Å². The minimum Gasteiger partial charge on any atom is -0.328 e. The third-order valence-electron chi connectivity index (χ3n) is 3.47. The standard InChI is InChI=1S/C15H16Cl2N4/c1-20-8-5-12(19-20)6-9-21-14-10-11(17)2-3-13(14)18-15(21)4-7-16/h2-3,5,8,10H,4,6-7,9H2,1H3. The van der Waals surface area contributed by atoms with E-state index in [0.29, 0.717) is 5.88 Å². The topological polar surface area (TPSA) is 35.6 Å². The molecule has 0 saturated carbocycles.